The van der Waals surface area contributed by atoms with Crippen molar-refractivity contribution in [3.05, 3.63) is 35.4 Å². The van der Waals surface area contributed by atoms with Gasteiger partial charge in [0.15, 0.2) is 0 Å². The van der Waals surface area contributed by atoms with E-state index in [0.717, 1.165) is 24.6 Å². The van der Waals surface area contributed by atoms with Gasteiger partial charge in [0.05, 0.1) is 0 Å². The summed E-state index contributed by atoms with van der Waals surface area (Å²) in [4.78, 5) is 0. The van der Waals surface area contributed by atoms with Gasteiger partial charge in [-0.25, -0.2) is 8.78 Å². The number of benzene rings is 1. The fraction of sp³-hybridized carbons (Fsp3) is 0.667. The molecule has 1 N–H and O–H groups in total. The zero-order valence-electron chi connectivity index (χ0n) is 13.2. The Kier molecular flexibility index (Phi) is 5.74. The molecule has 0 bridgehead atoms. The van der Waals surface area contributed by atoms with Crippen molar-refractivity contribution >= 4 is 0 Å². The maximum Gasteiger partial charge on any atom is 0.126 e. The normalized spacial score (nSPS) is 19.4. The highest BCUT2D eigenvalue weighted by Crippen LogP contribution is 2.40. The van der Waals surface area contributed by atoms with Crippen molar-refractivity contribution in [2.75, 3.05) is 6.54 Å². The number of rotatable bonds is 6. The molecule has 0 spiro atoms. The van der Waals surface area contributed by atoms with E-state index < -0.39 is 11.6 Å². The molecule has 0 amide bonds. The maximum absolute atomic E-state index is 13.4. The molecule has 21 heavy (non-hydrogen) atoms. The minimum absolute atomic E-state index is 0.232. The Bertz CT molecular complexity index is 432. The Morgan fingerprint density at radius 2 is 1.71 bits per heavy atom. The topological polar surface area (TPSA) is 12.0 Å². The molecule has 1 unspecified atom stereocenters. The minimum atomic E-state index is -0.479. The Morgan fingerprint density at radius 3 is 2.29 bits per heavy atom. The number of halogens is 2. The molecule has 1 saturated carbocycles. The first-order valence-electron chi connectivity index (χ1n) is 8.22. The maximum atomic E-state index is 13.4. The van der Waals surface area contributed by atoms with Crippen LogP contribution in [0.3, 0.4) is 0 Å². The van der Waals surface area contributed by atoms with Crippen molar-refractivity contribution in [2.45, 2.75) is 64.8 Å². The molecule has 1 aromatic carbocycles. The summed E-state index contributed by atoms with van der Waals surface area (Å²) in [5, 5.41) is 3.62. The molecule has 1 atom stereocenters. The van der Waals surface area contributed by atoms with Crippen LogP contribution >= 0.6 is 0 Å². The summed E-state index contributed by atoms with van der Waals surface area (Å²) in [5.41, 5.74) is 0.990. The van der Waals surface area contributed by atoms with E-state index in [1.165, 1.54) is 44.2 Å². The molecule has 0 aromatic heterocycles. The third-order valence-electron chi connectivity index (χ3n) is 4.84. The van der Waals surface area contributed by atoms with Crippen LogP contribution in [0.15, 0.2) is 18.2 Å². The van der Waals surface area contributed by atoms with Gasteiger partial charge >= 0.3 is 0 Å². The average molecular weight is 295 g/mol. The summed E-state index contributed by atoms with van der Waals surface area (Å²) in [5.74, 6) is -0.957. The minimum Gasteiger partial charge on any atom is -0.313 e. The van der Waals surface area contributed by atoms with E-state index in [1.54, 1.807) is 0 Å². The molecule has 0 heterocycles. The molecule has 1 aromatic rings. The Morgan fingerprint density at radius 1 is 1.10 bits per heavy atom. The van der Waals surface area contributed by atoms with Crippen LogP contribution in [0.4, 0.5) is 8.78 Å². The van der Waals surface area contributed by atoms with Crippen molar-refractivity contribution < 1.29 is 8.78 Å². The van der Waals surface area contributed by atoms with Crippen LogP contribution in [0.25, 0.3) is 0 Å². The number of hydrogen-bond donors (Lipinski definition) is 1. The zero-order chi connectivity index (χ0) is 15.3. The first kappa shape index (κ1) is 16.4. The van der Waals surface area contributed by atoms with E-state index in [4.69, 9.17) is 0 Å². The molecule has 0 aliphatic heterocycles. The summed E-state index contributed by atoms with van der Waals surface area (Å²) in [6, 6.07) is 4.17. The fourth-order valence-corrected chi connectivity index (χ4v) is 3.56. The predicted molar refractivity (Wildman–Crippen MR) is 83.3 cm³/mol. The lowest BCUT2D eigenvalue weighted by Gasteiger charge is -2.41. The van der Waals surface area contributed by atoms with Crippen molar-refractivity contribution in [3.8, 4) is 0 Å². The van der Waals surface area contributed by atoms with Gasteiger partial charge in [0.25, 0.3) is 0 Å². The number of hydrogen-bond acceptors (Lipinski definition) is 1. The van der Waals surface area contributed by atoms with Crippen molar-refractivity contribution in [1.82, 2.24) is 5.32 Å². The molecule has 0 saturated heterocycles. The predicted octanol–water partition coefficient (Wildman–Crippen LogP) is 4.85. The molecular weight excluding hydrogens is 268 g/mol. The summed E-state index contributed by atoms with van der Waals surface area (Å²) < 4.78 is 26.8. The van der Waals surface area contributed by atoms with E-state index in [9.17, 15) is 8.78 Å². The quantitative estimate of drug-likeness (QED) is 0.791. The Hall–Kier alpha value is -0.960. The molecule has 1 nitrogen and oxygen atoms in total. The lowest BCUT2D eigenvalue weighted by Crippen LogP contribution is -2.46. The standard InChI is InChI=1S/C18H27F2N/c1-3-9-21-17(18(2)7-5-4-6-8-18)12-14-10-15(19)13-16(20)11-14/h10-11,13,17,21H,3-9,12H2,1-2H3. The van der Waals surface area contributed by atoms with Crippen LogP contribution in [-0.4, -0.2) is 12.6 Å². The molecule has 118 valence electrons. The van der Waals surface area contributed by atoms with E-state index in [1.807, 2.05) is 0 Å². The van der Waals surface area contributed by atoms with Crippen molar-refractivity contribution in [2.24, 2.45) is 5.41 Å². The summed E-state index contributed by atoms with van der Waals surface area (Å²) in [6.07, 6.45) is 8.01. The first-order valence-corrected chi connectivity index (χ1v) is 8.22. The third-order valence-corrected chi connectivity index (χ3v) is 4.84. The van der Waals surface area contributed by atoms with Crippen LogP contribution in [0.5, 0.6) is 0 Å². The van der Waals surface area contributed by atoms with Gasteiger partial charge in [-0.3, -0.25) is 0 Å². The molecule has 1 aliphatic carbocycles. The van der Waals surface area contributed by atoms with Gasteiger partial charge in [-0.1, -0.05) is 33.1 Å². The molecule has 0 radical (unpaired) electrons. The second kappa shape index (κ2) is 7.35. The smallest absolute Gasteiger partial charge is 0.126 e. The van der Waals surface area contributed by atoms with Gasteiger partial charge in [0, 0.05) is 12.1 Å². The van der Waals surface area contributed by atoms with Crippen LogP contribution in [0.2, 0.25) is 0 Å². The van der Waals surface area contributed by atoms with E-state index in [2.05, 4.69) is 19.2 Å². The lowest BCUT2D eigenvalue weighted by molar-refractivity contribution is 0.143. The summed E-state index contributed by atoms with van der Waals surface area (Å²) in [6.45, 7) is 5.43. The fourth-order valence-electron chi connectivity index (χ4n) is 3.56. The molecule has 3 heteroatoms. The van der Waals surface area contributed by atoms with Crippen LogP contribution in [0, 0.1) is 17.0 Å². The SMILES string of the molecule is CCCNC(Cc1cc(F)cc(F)c1)C1(C)CCCCC1. The van der Waals surface area contributed by atoms with Gasteiger partial charge < -0.3 is 5.32 Å². The Balaban J connectivity index is 2.15. The Labute approximate surface area is 127 Å². The van der Waals surface area contributed by atoms with Gasteiger partial charge in [-0.05, 0) is 55.3 Å². The monoisotopic (exact) mass is 295 g/mol. The summed E-state index contributed by atoms with van der Waals surface area (Å²) >= 11 is 0. The second-order valence-electron chi connectivity index (χ2n) is 6.70. The molecule has 1 fully saturated rings. The van der Waals surface area contributed by atoms with Crippen LogP contribution < -0.4 is 5.32 Å². The van der Waals surface area contributed by atoms with Gasteiger partial charge in [0.1, 0.15) is 11.6 Å². The first-order chi connectivity index (χ1) is 10.0. The van der Waals surface area contributed by atoms with Crippen LogP contribution in [0.1, 0.15) is 57.9 Å². The van der Waals surface area contributed by atoms with E-state index >= 15 is 0 Å². The molecule has 1 aliphatic rings. The van der Waals surface area contributed by atoms with Crippen molar-refractivity contribution in [1.29, 1.82) is 0 Å². The van der Waals surface area contributed by atoms with Gasteiger partial charge in [0.2, 0.25) is 0 Å². The zero-order valence-corrected chi connectivity index (χ0v) is 13.2. The van der Waals surface area contributed by atoms with Gasteiger partial charge in [-0.2, -0.15) is 0 Å². The molecule has 2 rings (SSSR count). The highest BCUT2D eigenvalue weighted by molar-refractivity contribution is 5.19. The summed E-state index contributed by atoms with van der Waals surface area (Å²) in [7, 11) is 0. The largest absolute Gasteiger partial charge is 0.313 e. The van der Waals surface area contributed by atoms with E-state index in [-0.39, 0.29) is 5.41 Å². The highest BCUT2D eigenvalue weighted by atomic mass is 19.1. The van der Waals surface area contributed by atoms with Crippen LogP contribution in [-0.2, 0) is 6.42 Å². The number of nitrogens with one attached hydrogen (secondary N) is 1. The van der Waals surface area contributed by atoms with Crippen molar-refractivity contribution in [3.63, 3.8) is 0 Å². The van der Waals surface area contributed by atoms with E-state index in [0.29, 0.717) is 12.5 Å². The highest BCUT2D eigenvalue weighted by Gasteiger charge is 2.35. The van der Waals surface area contributed by atoms with Gasteiger partial charge in [-0.15, -0.1) is 0 Å². The average Bonchev–Trinajstić information content (AvgIpc) is 2.43. The second-order valence-corrected chi connectivity index (χ2v) is 6.70. The molecular formula is C18H27F2N. The lowest BCUT2D eigenvalue weighted by atomic mass is 9.69. The third kappa shape index (κ3) is 4.50.